The Hall–Kier alpha value is -0.810. The van der Waals surface area contributed by atoms with E-state index in [1.807, 2.05) is 6.92 Å². The maximum Gasteiger partial charge on any atom is 0.140 e. The maximum atomic E-state index is 9.22. The summed E-state index contributed by atoms with van der Waals surface area (Å²) in [7, 11) is 0. The molecule has 1 heterocycles. The van der Waals surface area contributed by atoms with E-state index in [1.54, 1.807) is 19.2 Å². The summed E-state index contributed by atoms with van der Waals surface area (Å²) >= 11 is 3.37. The SMILES string of the molecule is CC(O)CC(C)Nc1ncc(N)cc1Br. The number of pyridine rings is 1. The van der Waals surface area contributed by atoms with E-state index in [-0.39, 0.29) is 12.1 Å². The molecule has 15 heavy (non-hydrogen) atoms. The smallest absolute Gasteiger partial charge is 0.140 e. The average Bonchev–Trinajstić information content (AvgIpc) is 2.08. The lowest BCUT2D eigenvalue weighted by Gasteiger charge is -2.16. The largest absolute Gasteiger partial charge is 0.397 e. The Morgan fingerprint density at radius 3 is 2.80 bits per heavy atom. The predicted octanol–water partition coefficient (Wildman–Crippen LogP) is 2.00. The number of nitrogens with one attached hydrogen (secondary N) is 1. The molecule has 5 heteroatoms. The summed E-state index contributed by atoms with van der Waals surface area (Å²) in [6.07, 6.45) is 1.96. The van der Waals surface area contributed by atoms with Crippen molar-refractivity contribution in [3.63, 3.8) is 0 Å². The fourth-order valence-electron chi connectivity index (χ4n) is 1.36. The van der Waals surface area contributed by atoms with E-state index in [0.717, 1.165) is 10.3 Å². The number of nitrogen functional groups attached to an aromatic ring is 1. The molecule has 1 aromatic rings. The number of halogens is 1. The molecule has 0 aliphatic carbocycles. The Bertz CT molecular complexity index is 330. The van der Waals surface area contributed by atoms with Gasteiger partial charge in [-0.2, -0.15) is 0 Å². The fraction of sp³-hybridized carbons (Fsp3) is 0.500. The van der Waals surface area contributed by atoms with E-state index in [9.17, 15) is 5.11 Å². The lowest BCUT2D eigenvalue weighted by atomic mass is 10.1. The molecule has 1 aromatic heterocycles. The summed E-state index contributed by atoms with van der Waals surface area (Å²) in [4.78, 5) is 4.16. The van der Waals surface area contributed by atoms with Crippen LogP contribution in [0.2, 0.25) is 0 Å². The van der Waals surface area contributed by atoms with Crippen molar-refractivity contribution in [3.05, 3.63) is 16.7 Å². The third-order valence-electron chi connectivity index (χ3n) is 1.94. The van der Waals surface area contributed by atoms with Gasteiger partial charge in [-0.15, -0.1) is 0 Å². The number of aliphatic hydroxyl groups excluding tert-OH is 1. The molecule has 0 radical (unpaired) electrons. The van der Waals surface area contributed by atoms with Crippen LogP contribution in [0.3, 0.4) is 0 Å². The molecule has 2 unspecified atom stereocenters. The molecule has 0 aromatic carbocycles. The van der Waals surface area contributed by atoms with Gasteiger partial charge in [-0.3, -0.25) is 0 Å². The molecule has 84 valence electrons. The van der Waals surface area contributed by atoms with Crippen molar-refractivity contribution in [3.8, 4) is 0 Å². The molecule has 1 rings (SSSR count). The van der Waals surface area contributed by atoms with Crippen LogP contribution in [0.15, 0.2) is 16.7 Å². The molecule has 0 aliphatic heterocycles. The van der Waals surface area contributed by atoms with Crippen LogP contribution in [0, 0.1) is 0 Å². The second-order valence-electron chi connectivity index (χ2n) is 3.73. The van der Waals surface area contributed by atoms with E-state index in [4.69, 9.17) is 5.73 Å². The number of rotatable bonds is 4. The van der Waals surface area contributed by atoms with E-state index >= 15 is 0 Å². The number of nitrogens with two attached hydrogens (primary N) is 1. The molecule has 0 spiro atoms. The van der Waals surface area contributed by atoms with Gasteiger partial charge in [0, 0.05) is 6.04 Å². The Morgan fingerprint density at radius 2 is 2.27 bits per heavy atom. The number of hydrogen-bond donors (Lipinski definition) is 3. The van der Waals surface area contributed by atoms with Crippen molar-refractivity contribution in [2.75, 3.05) is 11.1 Å². The first-order valence-corrected chi connectivity index (χ1v) is 5.64. The summed E-state index contributed by atoms with van der Waals surface area (Å²) in [5.41, 5.74) is 6.20. The molecule has 0 bridgehead atoms. The molecule has 4 nitrogen and oxygen atoms in total. The quantitative estimate of drug-likeness (QED) is 0.785. The van der Waals surface area contributed by atoms with E-state index in [1.165, 1.54) is 0 Å². The van der Waals surface area contributed by atoms with Crippen molar-refractivity contribution in [2.24, 2.45) is 0 Å². The van der Waals surface area contributed by atoms with Crippen LogP contribution in [0.4, 0.5) is 11.5 Å². The zero-order chi connectivity index (χ0) is 11.4. The maximum absolute atomic E-state index is 9.22. The minimum Gasteiger partial charge on any atom is -0.397 e. The third kappa shape index (κ3) is 4.05. The van der Waals surface area contributed by atoms with Gasteiger partial charge in [0.2, 0.25) is 0 Å². The summed E-state index contributed by atoms with van der Waals surface area (Å²) in [6, 6.07) is 1.96. The number of aromatic nitrogens is 1. The van der Waals surface area contributed by atoms with Crippen molar-refractivity contribution in [1.29, 1.82) is 0 Å². The molecular formula is C10H16BrN3O. The van der Waals surface area contributed by atoms with Crippen molar-refractivity contribution in [2.45, 2.75) is 32.4 Å². The van der Waals surface area contributed by atoms with E-state index < -0.39 is 0 Å². The second kappa shape index (κ2) is 5.32. The van der Waals surface area contributed by atoms with Gasteiger partial charge in [0.15, 0.2) is 0 Å². The number of anilines is 2. The third-order valence-corrected chi connectivity index (χ3v) is 2.54. The van der Waals surface area contributed by atoms with Crippen molar-refractivity contribution < 1.29 is 5.11 Å². The van der Waals surface area contributed by atoms with Crippen LogP contribution in [0.5, 0.6) is 0 Å². The Balaban J connectivity index is 2.64. The zero-order valence-electron chi connectivity index (χ0n) is 8.87. The van der Waals surface area contributed by atoms with E-state index in [2.05, 4.69) is 26.2 Å². The lowest BCUT2D eigenvalue weighted by Crippen LogP contribution is -2.21. The topological polar surface area (TPSA) is 71.2 Å². The number of hydrogen-bond acceptors (Lipinski definition) is 4. The summed E-state index contributed by atoms with van der Waals surface area (Å²) in [5.74, 6) is 0.748. The first-order chi connectivity index (χ1) is 6.99. The summed E-state index contributed by atoms with van der Waals surface area (Å²) in [5, 5.41) is 12.4. The van der Waals surface area contributed by atoms with E-state index in [0.29, 0.717) is 12.1 Å². The first kappa shape index (κ1) is 12.3. The molecule has 4 N–H and O–H groups in total. The Morgan fingerprint density at radius 1 is 1.60 bits per heavy atom. The zero-order valence-corrected chi connectivity index (χ0v) is 10.5. The molecule has 0 saturated carbocycles. The van der Waals surface area contributed by atoms with Gasteiger partial charge in [0.25, 0.3) is 0 Å². The van der Waals surface area contributed by atoms with Crippen molar-refractivity contribution >= 4 is 27.4 Å². The average molecular weight is 274 g/mol. The van der Waals surface area contributed by atoms with Crippen LogP contribution in [-0.4, -0.2) is 22.2 Å². The summed E-state index contributed by atoms with van der Waals surface area (Å²) in [6.45, 7) is 3.76. The highest BCUT2D eigenvalue weighted by molar-refractivity contribution is 9.10. The minimum absolute atomic E-state index is 0.164. The molecule has 2 atom stereocenters. The fourth-order valence-corrected chi connectivity index (χ4v) is 1.84. The highest BCUT2D eigenvalue weighted by Gasteiger charge is 2.08. The monoisotopic (exact) mass is 273 g/mol. The predicted molar refractivity (Wildman–Crippen MR) is 65.7 cm³/mol. The van der Waals surface area contributed by atoms with Gasteiger partial charge in [0.1, 0.15) is 5.82 Å². The molecular weight excluding hydrogens is 258 g/mol. The standard InChI is InChI=1S/C10H16BrN3O/c1-6(3-7(2)15)14-10-9(11)4-8(12)5-13-10/h4-7,15H,3,12H2,1-2H3,(H,13,14). The second-order valence-corrected chi connectivity index (χ2v) is 4.58. The van der Waals surface area contributed by atoms with Crippen LogP contribution < -0.4 is 11.1 Å². The van der Waals surface area contributed by atoms with Gasteiger partial charge in [0.05, 0.1) is 22.5 Å². The van der Waals surface area contributed by atoms with Crippen molar-refractivity contribution in [1.82, 2.24) is 4.98 Å². The number of nitrogens with zero attached hydrogens (tertiary/aromatic N) is 1. The molecule has 0 saturated heterocycles. The van der Waals surface area contributed by atoms with Gasteiger partial charge in [-0.05, 0) is 42.3 Å². The van der Waals surface area contributed by atoms with Crippen LogP contribution >= 0.6 is 15.9 Å². The molecule has 0 aliphatic rings. The van der Waals surface area contributed by atoms with Crippen LogP contribution in [0.25, 0.3) is 0 Å². The van der Waals surface area contributed by atoms with Crippen LogP contribution in [0.1, 0.15) is 20.3 Å². The number of aliphatic hydroxyl groups is 1. The first-order valence-electron chi connectivity index (χ1n) is 4.84. The minimum atomic E-state index is -0.319. The van der Waals surface area contributed by atoms with Gasteiger partial charge in [-0.25, -0.2) is 4.98 Å². The van der Waals surface area contributed by atoms with Gasteiger partial charge < -0.3 is 16.2 Å². The highest BCUT2D eigenvalue weighted by Crippen LogP contribution is 2.22. The molecule has 0 amide bonds. The van der Waals surface area contributed by atoms with Crippen LogP contribution in [-0.2, 0) is 0 Å². The Labute approximate surface area is 98.0 Å². The molecule has 0 fully saturated rings. The van der Waals surface area contributed by atoms with Gasteiger partial charge in [-0.1, -0.05) is 0 Å². The summed E-state index contributed by atoms with van der Waals surface area (Å²) < 4.78 is 0.833. The normalized spacial score (nSPS) is 14.7. The lowest BCUT2D eigenvalue weighted by molar-refractivity contribution is 0.179. The van der Waals surface area contributed by atoms with Gasteiger partial charge >= 0.3 is 0 Å². The Kier molecular flexibility index (Phi) is 4.35. The highest BCUT2D eigenvalue weighted by atomic mass is 79.9.